The number of aromatic nitrogens is 4. The molecule has 0 fully saturated rings. The first-order valence-electron chi connectivity index (χ1n) is 7.41. The highest BCUT2D eigenvalue weighted by Crippen LogP contribution is 2.18. The third kappa shape index (κ3) is 3.12. The van der Waals surface area contributed by atoms with Crippen LogP contribution in [-0.4, -0.2) is 32.5 Å². The number of hydrogen-bond donors (Lipinski definition) is 1. The van der Waals surface area contributed by atoms with Crippen molar-refractivity contribution in [3.8, 4) is 0 Å². The van der Waals surface area contributed by atoms with Gasteiger partial charge in [-0.05, 0) is 25.1 Å². The molecule has 0 unspecified atom stereocenters. The van der Waals surface area contributed by atoms with E-state index in [-0.39, 0.29) is 0 Å². The van der Waals surface area contributed by atoms with Crippen LogP contribution in [0.4, 0.5) is 0 Å². The van der Waals surface area contributed by atoms with E-state index in [1.165, 1.54) is 0 Å². The monoisotopic (exact) mass is 296 g/mol. The SMILES string of the molecule is CCCCOCCn1c(=S)[nH]c2c(CCC)nn(C)c21. The second kappa shape index (κ2) is 7.04. The summed E-state index contributed by atoms with van der Waals surface area (Å²) in [5, 5.41) is 4.58. The first kappa shape index (κ1) is 15.3. The van der Waals surface area contributed by atoms with Gasteiger partial charge in [-0.1, -0.05) is 26.7 Å². The molecule has 0 aromatic carbocycles. The van der Waals surface area contributed by atoms with Gasteiger partial charge in [-0.3, -0.25) is 9.25 Å². The molecule has 20 heavy (non-hydrogen) atoms. The van der Waals surface area contributed by atoms with Gasteiger partial charge < -0.3 is 9.72 Å². The lowest BCUT2D eigenvalue weighted by Crippen LogP contribution is -2.09. The van der Waals surface area contributed by atoms with Crippen LogP contribution in [0.1, 0.15) is 38.8 Å². The van der Waals surface area contributed by atoms with E-state index in [1.54, 1.807) is 0 Å². The molecule has 6 heteroatoms. The molecule has 0 saturated heterocycles. The van der Waals surface area contributed by atoms with Crippen LogP contribution in [0.2, 0.25) is 0 Å². The van der Waals surface area contributed by atoms with Crippen LogP contribution in [0.3, 0.4) is 0 Å². The summed E-state index contributed by atoms with van der Waals surface area (Å²) >= 11 is 5.42. The average Bonchev–Trinajstić information content (AvgIpc) is 2.89. The Balaban J connectivity index is 2.16. The molecular weight excluding hydrogens is 272 g/mol. The molecule has 0 radical (unpaired) electrons. The molecule has 0 aliphatic heterocycles. The number of nitrogens with zero attached hydrogens (tertiary/aromatic N) is 3. The maximum Gasteiger partial charge on any atom is 0.179 e. The van der Waals surface area contributed by atoms with Gasteiger partial charge in [-0.15, -0.1) is 0 Å². The highest BCUT2D eigenvalue weighted by atomic mass is 32.1. The Morgan fingerprint density at radius 2 is 2.05 bits per heavy atom. The summed E-state index contributed by atoms with van der Waals surface area (Å²) in [7, 11) is 1.97. The minimum atomic E-state index is 0.690. The van der Waals surface area contributed by atoms with Gasteiger partial charge in [0.25, 0.3) is 0 Å². The third-order valence-electron chi connectivity index (χ3n) is 3.41. The number of unbranched alkanes of at least 4 members (excludes halogenated alkanes) is 1. The molecule has 0 aliphatic rings. The van der Waals surface area contributed by atoms with E-state index in [2.05, 4.69) is 28.5 Å². The van der Waals surface area contributed by atoms with Gasteiger partial charge in [0.2, 0.25) is 0 Å². The summed E-state index contributed by atoms with van der Waals surface area (Å²) in [6, 6.07) is 0. The van der Waals surface area contributed by atoms with E-state index in [4.69, 9.17) is 17.0 Å². The standard InChI is InChI=1S/C14H24N4OS/c1-4-6-9-19-10-8-18-13-12(15-14(18)20)11(7-5-2)16-17(13)3/h4-10H2,1-3H3,(H,15,20). The van der Waals surface area contributed by atoms with Gasteiger partial charge in [0.1, 0.15) is 5.52 Å². The smallest absolute Gasteiger partial charge is 0.179 e. The van der Waals surface area contributed by atoms with Crippen molar-refractivity contribution >= 4 is 23.4 Å². The molecule has 112 valence electrons. The highest BCUT2D eigenvalue weighted by molar-refractivity contribution is 7.71. The summed E-state index contributed by atoms with van der Waals surface area (Å²) in [6.45, 7) is 6.61. The lowest BCUT2D eigenvalue weighted by molar-refractivity contribution is 0.124. The quantitative estimate of drug-likeness (QED) is 0.601. The molecule has 2 aromatic rings. The number of rotatable bonds is 8. The lowest BCUT2D eigenvalue weighted by atomic mass is 10.2. The molecule has 0 atom stereocenters. The summed E-state index contributed by atoms with van der Waals surface area (Å²) in [4.78, 5) is 3.29. The zero-order valence-electron chi connectivity index (χ0n) is 12.6. The van der Waals surface area contributed by atoms with Crippen molar-refractivity contribution in [2.75, 3.05) is 13.2 Å². The van der Waals surface area contributed by atoms with E-state index in [9.17, 15) is 0 Å². The topological polar surface area (TPSA) is 47.8 Å². The predicted molar refractivity (Wildman–Crippen MR) is 83.6 cm³/mol. The Bertz CT molecular complexity index is 610. The molecule has 2 rings (SSSR count). The minimum Gasteiger partial charge on any atom is -0.380 e. The van der Waals surface area contributed by atoms with Crippen molar-refractivity contribution in [3.63, 3.8) is 0 Å². The number of H-pyrrole nitrogens is 1. The average molecular weight is 296 g/mol. The minimum absolute atomic E-state index is 0.690. The largest absolute Gasteiger partial charge is 0.380 e. The van der Waals surface area contributed by atoms with Crippen molar-refractivity contribution in [3.05, 3.63) is 10.5 Å². The molecule has 2 heterocycles. The molecule has 0 spiro atoms. The van der Waals surface area contributed by atoms with E-state index >= 15 is 0 Å². The molecule has 5 nitrogen and oxygen atoms in total. The predicted octanol–water partition coefficient (Wildman–Crippen LogP) is 3.20. The Labute approximate surface area is 124 Å². The van der Waals surface area contributed by atoms with Crippen LogP contribution in [0.5, 0.6) is 0 Å². The van der Waals surface area contributed by atoms with Gasteiger partial charge in [-0.25, -0.2) is 0 Å². The summed E-state index contributed by atoms with van der Waals surface area (Å²) < 4.78 is 10.4. The van der Waals surface area contributed by atoms with Crippen LogP contribution in [0, 0.1) is 4.77 Å². The Hall–Kier alpha value is -1.14. The van der Waals surface area contributed by atoms with Gasteiger partial charge in [-0.2, -0.15) is 5.10 Å². The number of hydrogen-bond acceptors (Lipinski definition) is 3. The maximum absolute atomic E-state index is 5.63. The van der Waals surface area contributed by atoms with Crippen molar-refractivity contribution in [1.82, 2.24) is 19.3 Å². The van der Waals surface area contributed by atoms with E-state index in [0.717, 1.165) is 60.5 Å². The maximum atomic E-state index is 5.63. The molecule has 0 amide bonds. The fourth-order valence-corrected chi connectivity index (χ4v) is 2.68. The Morgan fingerprint density at radius 1 is 1.25 bits per heavy atom. The van der Waals surface area contributed by atoms with E-state index < -0.39 is 0 Å². The fraction of sp³-hybridized carbons (Fsp3) is 0.714. The zero-order valence-corrected chi connectivity index (χ0v) is 13.4. The summed E-state index contributed by atoms with van der Waals surface area (Å²) in [5.41, 5.74) is 3.24. The second-order valence-corrected chi connectivity index (χ2v) is 5.45. The highest BCUT2D eigenvalue weighted by Gasteiger charge is 2.14. The van der Waals surface area contributed by atoms with Gasteiger partial charge in [0.05, 0.1) is 18.8 Å². The molecule has 0 aliphatic carbocycles. The second-order valence-electron chi connectivity index (χ2n) is 5.07. The Kier molecular flexibility index (Phi) is 5.37. The first-order valence-corrected chi connectivity index (χ1v) is 7.82. The van der Waals surface area contributed by atoms with Gasteiger partial charge in [0, 0.05) is 13.7 Å². The van der Waals surface area contributed by atoms with Crippen LogP contribution in [-0.2, 0) is 24.8 Å². The molecule has 2 aromatic heterocycles. The number of aryl methyl sites for hydroxylation is 2. The summed E-state index contributed by atoms with van der Waals surface area (Å²) in [6.07, 6.45) is 4.33. The Morgan fingerprint density at radius 3 is 2.75 bits per heavy atom. The lowest BCUT2D eigenvalue weighted by Gasteiger charge is -2.06. The van der Waals surface area contributed by atoms with Crippen LogP contribution in [0.15, 0.2) is 0 Å². The van der Waals surface area contributed by atoms with Crippen molar-refractivity contribution in [1.29, 1.82) is 0 Å². The normalized spacial score (nSPS) is 11.6. The van der Waals surface area contributed by atoms with Crippen molar-refractivity contribution in [2.24, 2.45) is 7.05 Å². The van der Waals surface area contributed by atoms with Crippen LogP contribution in [0.25, 0.3) is 11.2 Å². The van der Waals surface area contributed by atoms with Gasteiger partial charge >= 0.3 is 0 Å². The number of imidazole rings is 1. The van der Waals surface area contributed by atoms with Crippen LogP contribution < -0.4 is 0 Å². The van der Waals surface area contributed by atoms with Crippen molar-refractivity contribution in [2.45, 2.75) is 46.1 Å². The molecule has 1 N–H and O–H groups in total. The third-order valence-corrected chi connectivity index (χ3v) is 3.73. The number of ether oxygens (including phenoxy) is 1. The number of nitrogens with one attached hydrogen (secondary N) is 1. The fourth-order valence-electron chi connectivity index (χ4n) is 2.40. The zero-order chi connectivity index (χ0) is 14.5. The van der Waals surface area contributed by atoms with Crippen LogP contribution >= 0.6 is 12.2 Å². The number of aromatic amines is 1. The van der Waals surface area contributed by atoms with Crippen molar-refractivity contribution < 1.29 is 4.74 Å². The molecular formula is C14H24N4OS. The molecule has 0 saturated carbocycles. The van der Waals surface area contributed by atoms with E-state index in [0.29, 0.717) is 6.61 Å². The number of fused-ring (bicyclic) bond motifs is 1. The van der Waals surface area contributed by atoms with Gasteiger partial charge in [0.15, 0.2) is 10.4 Å². The molecule has 0 bridgehead atoms. The van der Waals surface area contributed by atoms with E-state index in [1.807, 2.05) is 11.7 Å². The first-order chi connectivity index (χ1) is 9.69. The summed E-state index contributed by atoms with van der Waals surface area (Å²) in [5.74, 6) is 0.